The van der Waals surface area contributed by atoms with Crippen molar-refractivity contribution in [1.82, 2.24) is 9.25 Å². The highest BCUT2D eigenvalue weighted by atomic mass is 15.4. The second-order valence-corrected chi connectivity index (χ2v) is 5.68. The maximum Gasteiger partial charge on any atom is 0.253 e. The molecule has 0 aliphatic rings. The molecule has 0 aliphatic carbocycles. The molecule has 2 rings (SSSR count). The van der Waals surface area contributed by atoms with E-state index in [1.165, 1.54) is 34.2 Å². The SMILES string of the molecule is C.C.Cc1c(C)[n+](C)c(C)n1C.Cc1c(C)n(C)[n+](C)c1C. The van der Waals surface area contributed by atoms with Crippen LogP contribution in [0.3, 0.4) is 0 Å². The monoisotopic (exact) mass is 310 g/mol. The van der Waals surface area contributed by atoms with E-state index in [9.17, 15) is 0 Å². The second kappa shape index (κ2) is 8.16. The summed E-state index contributed by atoms with van der Waals surface area (Å²) in [6, 6.07) is 0. The number of imidazole rings is 1. The minimum absolute atomic E-state index is 0. The highest BCUT2D eigenvalue weighted by Crippen LogP contribution is 2.06. The van der Waals surface area contributed by atoms with Gasteiger partial charge < -0.3 is 0 Å². The third-order valence-corrected chi connectivity index (χ3v) is 5.01. The molecule has 2 aromatic rings. The molecule has 0 unspecified atom stereocenters. The third-order valence-electron chi connectivity index (χ3n) is 5.01. The Bertz CT molecular complexity index is 414. The van der Waals surface area contributed by atoms with Crippen LogP contribution in [-0.2, 0) is 28.2 Å². The summed E-state index contributed by atoms with van der Waals surface area (Å²) in [5.41, 5.74) is 6.78. The first-order valence-corrected chi connectivity index (χ1v) is 7.08. The van der Waals surface area contributed by atoms with Gasteiger partial charge in [-0.25, -0.2) is 9.13 Å². The maximum absolute atomic E-state index is 2.20. The fourth-order valence-corrected chi connectivity index (χ4v) is 2.39. The lowest BCUT2D eigenvalue weighted by Crippen LogP contribution is -2.39. The van der Waals surface area contributed by atoms with Crippen molar-refractivity contribution < 1.29 is 9.25 Å². The molecule has 0 bridgehead atoms. The van der Waals surface area contributed by atoms with Gasteiger partial charge in [0.1, 0.15) is 11.4 Å². The van der Waals surface area contributed by atoms with Crippen LogP contribution in [0.5, 0.6) is 0 Å². The third kappa shape index (κ3) is 3.79. The Morgan fingerprint density at radius 2 is 1.18 bits per heavy atom. The minimum Gasteiger partial charge on any atom is -0.234 e. The predicted octanol–water partition coefficient (Wildman–Crippen LogP) is 2.82. The molecule has 2 heterocycles. The van der Waals surface area contributed by atoms with Crippen molar-refractivity contribution in [3.63, 3.8) is 0 Å². The molecule has 0 radical (unpaired) electrons. The Morgan fingerprint density at radius 1 is 0.727 bits per heavy atom. The highest BCUT2D eigenvalue weighted by molar-refractivity contribution is 5.17. The van der Waals surface area contributed by atoms with Crippen molar-refractivity contribution in [2.24, 2.45) is 28.2 Å². The van der Waals surface area contributed by atoms with Gasteiger partial charge in [-0.05, 0) is 13.8 Å². The summed E-state index contributed by atoms with van der Waals surface area (Å²) in [6.07, 6.45) is 0. The van der Waals surface area contributed by atoms with Gasteiger partial charge in [0, 0.05) is 33.3 Å². The standard InChI is InChI=1S/2C8H15N2.2CH4/c1-6-7(2)10(5)8(3)9(6)4;1-6-7(2)9(4)10(5)8(6)3;;/h2*1-5H3;2*1H4/q2*+1;;. The molecule has 0 N–H and O–H groups in total. The maximum atomic E-state index is 2.20. The Balaban J connectivity index is 0. The lowest BCUT2D eigenvalue weighted by atomic mass is 10.2. The number of aromatic nitrogens is 4. The van der Waals surface area contributed by atoms with Gasteiger partial charge in [-0.3, -0.25) is 0 Å². The van der Waals surface area contributed by atoms with Crippen molar-refractivity contribution in [2.75, 3.05) is 0 Å². The van der Waals surface area contributed by atoms with Crippen LogP contribution < -0.4 is 9.25 Å². The molecule has 128 valence electrons. The molecule has 2 aromatic heterocycles. The van der Waals surface area contributed by atoms with E-state index in [4.69, 9.17) is 0 Å². The van der Waals surface area contributed by atoms with Crippen molar-refractivity contribution in [3.05, 3.63) is 34.2 Å². The molecule has 4 nitrogen and oxygen atoms in total. The van der Waals surface area contributed by atoms with E-state index in [-0.39, 0.29) is 14.9 Å². The quantitative estimate of drug-likeness (QED) is 0.666. The molecule has 0 saturated carbocycles. The zero-order chi connectivity index (χ0) is 15.8. The molecular formula is C18H38N4+2. The van der Waals surface area contributed by atoms with Crippen molar-refractivity contribution in [3.8, 4) is 0 Å². The van der Waals surface area contributed by atoms with Gasteiger partial charge in [0.2, 0.25) is 5.69 Å². The topological polar surface area (TPSA) is 17.6 Å². The molecule has 0 fully saturated rings. The van der Waals surface area contributed by atoms with Crippen LogP contribution in [0, 0.1) is 41.5 Å². The number of rotatable bonds is 0. The molecule has 0 atom stereocenters. The highest BCUT2D eigenvalue weighted by Gasteiger charge is 2.15. The summed E-state index contributed by atoms with van der Waals surface area (Å²) >= 11 is 0. The molecule has 0 spiro atoms. The van der Waals surface area contributed by atoms with E-state index in [1.807, 2.05) is 0 Å². The van der Waals surface area contributed by atoms with E-state index in [0.717, 1.165) is 0 Å². The van der Waals surface area contributed by atoms with Crippen molar-refractivity contribution in [1.29, 1.82) is 0 Å². The van der Waals surface area contributed by atoms with Gasteiger partial charge in [0.25, 0.3) is 5.82 Å². The number of hydrogen-bond donors (Lipinski definition) is 0. The van der Waals surface area contributed by atoms with Gasteiger partial charge >= 0.3 is 0 Å². The summed E-state index contributed by atoms with van der Waals surface area (Å²) in [5, 5.41) is 0. The van der Waals surface area contributed by atoms with Gasteiger partial charge in [0.05, 0.1) is 26.8 Å². The molecule has 0 aromatic carbocycles. The lowest BCUT2D eigenvalue weighted by Gasteiger charge is -1.90. The normalized spacial score (nSPS) is 9.55. The fraction of sp³-hybridized carbons (Fsp3) is 0.667. The van der Waals surface area contributed by atoms with Crippen LogP contribution in [0.15, 0.2) is 0 Å². The van der Waals surface area contributed by atoms with Crippen LogP contribution in [0.25, 0.3) is 0 Å². The lowest BCUT2D eigenvalue weighted by molar-refractivity contribution is -0.756. The Morgan fingerprint density at radius 3 is 1.27 bits per heavy atom. The molecular weight excluding hydrogens is 272 g/mol. The Kier molecular flexibility index (Phi) is 8.42. The first-order valence-electron chi connectivity index (χ1n) is 7.08. The predicted molar refractivity (Wildman–Crippen MR) is 95.1 cm³/mol. The zero-order valence-corrected chi connectivity index (χ0v) is 14.8. The first-order chi connectivity index (χ1) is 9.11. The Labute approximate surface area is 138 Å². The van der Waals surface area contributed by atoms with E-state index in [1.54, 1.807) is 0 Å². The summed E-state index contributed by atoms with van der Waals surface area (Å²) in [5.74, 6) is 1.30. The molecule has 0 amide bonds. The molecule has 22 heavy (non-hydrogen) atoms. The van der Waals surface area contributed by atoms with Crippen molar-refractivity contribution >= 4 is 0 Å². The zero-order valence-electron chi connectivity index (χ0n) is 14.8. The minimum atomic E-state index is 0. The smallest absolute Gasteiger partial charge is 0.234 e. The van der Waals surface area contributed by atoms with E-state index >= 15 is 0 Å². The van der Waals surface area contributed by atoms with E-state index in [2.05, 4.69) is 88.2 Å². The van der Waals surface area contributed by atoms with E-state index in [0.29, 0.717) is 0 Å². The van der Waals surface area contributed by atoms with E-state index < -0.39 is 0 Å². The van der Waals surface area contributed by atoms with Crippen LogP contribution in [0.2, 0.25) is 0 Å². The largest absolute Gasteiger partial charge is 0.253 e. The number of nitrogens with zero attached hydrogens (tertiary/aromatic N) is 4. The second-order valence-electron chi connectivity index (χ2n) is 5.68. The first kappa shape index (κ1) is 22.7. The molecule has 4 heteroatoms. The fourth-order valence-electron chi connectivity index (χ4n) is 2.39. The van der Waals surface area contributed by atoms with Crippen LogP contribution in [-0.4, -0.2) is 9.25 Å². The summed E-state index contributed by atoms with van der Waals surface area (Å²) in [7, 11) is 8.35. The van der Waals surface area contributed by atoms with Gasteiger partial charge in [-0.1, -0.05) is 14.9 Å². The Hall–Kier alpha value is -1.58. The van der Waals surface area contributed by atoms with Gasteiger partial charge in [-0.2, -0.15) is 4.68 Å². The summed E-state index contributed by atoms with van der Waals surface area (Å²) < 4.78 is 8.72. The number of hydrogen-bond acceptors (Lipinski definition) is 0. The van der Waals surface area contributed by atoms with Crippen molar-refractivity contribution in [2.45, 2.75) is 56.4 Å². The molecule has 0 saturated heterocycles. The van der Waals surface area contributed by atoms with Crippen LogP contribution in [0.1, 0.15) is 49.0 Å². The van der Waals surface area contributed by atoms with Crippen LogP contribution >= 0.6 is 0 Å². The van der Waals surface area contributed by atoms with Gasteiger partial charge in [0.15, 0.2) is 7.05 Å². The average molecular weight is 311 g/mol. The average Bonchev–Trinajstić information content (AvgIpc) is 2.71. The van der Waals surface area contributed by atoms with Gasteiger partial charge in [-0.15, -0.1) is 4.68 Å². The summed E-state index contributed by atoms with van der Waals surface area (Å²) in [4.78, 5) is 0. The summed E-state index contributed by atoms with van der Waals surface area (Å²) in [6.45, 7) is 12.8. The van der Waals surface area contributed by atoms with Crippen LogP contribution in [0.4, 0.5) is 0 Å². The molecule has 0 aliphatic heterocycles.